The smallest absolute Gasteiger partial charge is 0.109 e. The van der Waals surface area contributed by atoms with Crippen LogP contribution in [0.15, 0.2) is 0 Å². The topological polar surface area (TPSA) is 15.7 Å². The Kier molecular flexibility index (Phi) is 4.65. The Morgan fingerprint density at radius 1 is 0.818 bits per heavy atom. The highest BCUT2D eigenvalue weighted by Gasteiger charge is 2.10. The van der Waals surface area contributed by atoms with Gasteiger partial charge in [-0.2, -0.15) is 0 Å². The van der Waals surface area contributed by atoms with Crippen molar-refractivity contribution in [3.05, 3.63) is 0 Å². The first-order chi connectivity index (χ1) is 4.95. The summed E-state index contributed by atoms with van der Waals surface area (Å²) in [5.41, 5.74) is 0. The lowest BCUT2D eigenvalue weighted by atomic mass is 10.5. The highest BCUT2D eigenvalue weighted by Crippen LogP contribution is 2.01. The van der Waals surface area contributed by atoms with Gasteiger partial charge in [-0.3, -0.25) is 9.80 Å². The summed E-state index contributed by atoms with van der Waals surface area (Å²) in [6.07, 6.45) is 0.347. The van der Waals surface area contributed by atoms with Gasteiger partial charge in [0.25, 0.3) is 0 Å². The average Bonchev–Trinajstić information content (AvgIpc) is 1.87. The fraction of sp³-hybridized carbons (Fsp3) is 1.00. The highest BCUT2D eigenvalue weighted by molar-refractivity contribution is 4.50. The third-order valence-electron chi connectivity index (χ3n) is 1.85. The predicted octanol–water partition coefficient (Wildman–Crippen LogP) is 0.818. The van der Waals surface area contributed by atoms with Crippen molar-refractivity contribution < 1.29 is 4.74 Å². The first-order valence-electron chi connectivity index (χ1n) is 3.93. The normalized spacial score (nSPS) is 17.5. The fourth-order valence-corrected chi connectivity index (χ4v) is 0.528. The Morgan fingerprint density at radius 2 is 1.09 bits per heavy atom. The lowest BCUT2D eigenvalue weighted by Crippen LogP contribution is -2.36. The maximum absolute atomic E-state index is 5.62. The molecule has 11 heavy (non-hydrogen) atoms. The molecule has 0 unspecified atom stereocenters. The molecule has 0 bridgehead atoms. The second kappa shape index (κ2) is 4.70. The molecule has 0 spiro atoms. The van der Waals surface area contributed by atoms with E-state index in [1.165, 1.54) is 0 Å². The SMILES string of the molecule is C[C@H](O[C@@H](C)N(C)C)N(C)C. The van der Waals surface area contributed by atoms with E-state index in [-0.39, 0.29) is 12.5 Å². The average molecular weight is 160 g/mol. The Hall–Kier alpha value is -0.120. The van der Waals surface area contributed by atoms with Gasteiger partial charge in [-0.05, 0) is 42.0 Å². The van der Waals surface area contributed by atoms with Gasteiger partial charge in [0.05, 0.1) is 0 Å². The molecule has 0 aromatic carbocycles. The summed E-state index contributed by atoms with van der Waals surface area (Å²) in [6, 6.07) is 0. The van der Waals surface area contributed by atoms with Gasteiger partial charge in [-0.15, -0.1) is 0 Å². The zero-order valence-corrected chi connectivity index (χ0v) is 8.46. The summed E-state index contributed by atoms with van der Waals surface area (Å²) in [4.78, 5) is 4.08. The van der Waals surface area contributed by atoms with Crippen LogP contribution in [-0.2, 0) is 4.74 Å². The third-order valence-corrected chi connectivity index (χ3v) is 1.85. The number of nitrogens with zero attached hydrogens (tertiary/aromatic N) is 2. The Labute approximate surface area is 69.9 Å². The van der Waals surface area contributed by atoms with Crippen LogP contribution in [0.5, 0.6) is 0 Å². The first-order valence-corrected chi connectivity index (χ1v) is 3.93. The van der Waals surface area contributed by atoms with E-state index in [0.717, 1.165) is 0 Å². The van der Waals surface area contributed by atoms with Crippen LogP contribution < -0.4 is 0 Å². The standard InChI is InChI=1S/C8H20N2O/c1-7(9(3)4)11-8(2)10(5)6/h7-8H,1-6H3/t7-,8-/m0/s1. The van der Waals surface area contributed by atoms with E-state index in [2.05, 4.69) is 0 Å². The molecule has 0 heterocycles. The molecule has 0 saturated carbocycles. The lowest BCUT2D eigenvalue weighted by molar-refractivity contribution is -0.113. The Morgan fingerprint density at radius 3 is 1.27 bits per heavy atom. The van der Waals surface area contributed by atoms with Crippen LogP contribution >= 0.6 is 0 Å². The molecule has 0 aliphatic rings. The summed E-state index contributed by atoms with van der Waals surface area (Å²) in [5, 5.41) is 0. The minimum absolute atomic E-state index is 0.174. The molecule has 0 aromatic heterocycles. The van der Waals surface area contributed by atoms with Crippen LogP contribution in [-0.4, -0.2) is 50.4 Å². The van der Waals surface area contributed by atoms with Crippen molar-refractivity contribution in [1.82, 2.24) is 9.80 Å². The fourth-order valence-electron chi connectivity index (χ4n) is 0.528. The Balaban J connectivity index is 3.66. The molecule has 0 amide bonds. The quantitative estimate of drug-likeness (QED) is 0.566. The van der Waals surface area contributed by atoms with Crippen molar-refractivity contribution >= 4 is 0 Å². The summed E-state index contributed by atoms with van der Waals surface area (Å²) in [5.74, 6) is 0. The van der Waals surface area contributed by atoms with Crippen molar-refractivity contribution in [3.8, 4) is 0 Å². The van der Waals surface area contributed by atoms with Crippen LogP contribution in [0.2, 0.25) is 0 Å². The minimum Gasteiger partial charge on any atom is -0.345 e. The summed E-state index contributed by atoms with van der Waals surface area (Å²) >= 11 is 0. The summed E-state index contributed by atoms with van der Waals surface area (Å²) < 4.78 is 5.62. The molecule has 3 nitrogen and oxygen atoms in total. The molecule has 0 radical (unpaired) electrons. The summed E-state index contributed by atoms with van der Waals surface area (Å²) in [6.45, 7) is 4.08. The lowest BCUT2D eigenvalue weighted by Gasteiger charge is -2.27. The molecular formula is C8H20N2O. The van der Waals surface area contributed by atoms with Gasteiger partial charge >= 0.3 is 0 Å². The predicted molar refractivity (Wildman–Crippen MR) is 47.4 cm³/mol. The van der Waals surface area contributed by atoms with Crippen LogP contribution in [0.25, 0.3) is 0 Å². The monoisotopic (exact) mass is 160 g/mol. The van der Waals surface area contributed by atoms with Crippen LogP contribution in [0, 0.1) is 0 Å². The molecular weight excluding hydrogens is 140 g/mol. The van der Waals surface area contributed by atoms with E-state index in [4.69, 9.17) is 4.74 Å². The van der Waals surface area contributed by atoms with Crippen molar-refractivity contribution in [1.29, 1.82) is 0 Å². The van der Waals surface area contributed by atoms with Crippen molar-refractivity contribution in [2.45, 2.75) is 26.3 Å². The van der Waals surface area contributed by atoms with Gasteiger partial charge < -0.3 is 4.74 Å². The number of rotatable bonds is 4. The van der Waals surface area contributed by atoms with Crippen molar-refractivity contribution in [2.75, 3.05) is 28.2 Å². The highest BCUT2D eigenvalue weighted by atomic mass is 16.5. The van der Waals surface area contributed by atoms with Crippen LogP contribution in [0.3, 0.4) is 0 Å². The molecule has 0 aliphatic heterocycles. The van der Waals surface area contributed by atoms with Gasteiger partial charge in [0.15, 0.2) is 0 Å². The van der Waals surface area contributed by atoms with Gasteiger partial charge in [0.2, 0.25) is 0 Å². The van der Waals surface area contributed by atoms with E-state index in [1.807, 2.05) is 51.8 Å². The van der Waals surface area contributed by atoms with Crippen molar-refractivity contribution in [2.24, 2.45) is 0 Å². The molecule has 0 N–H and O–H groups in total. The number of hydrogen-bond donors (Lipinski definition) is 0. The molecule has 2 atom stereocenters. The minimum atomic E-state index is 0.174. The summed E-state index contributed by atoms with van der Waals surface area (Å²) in [7, 11) is 8.03. The zero-order chi connectivity index (χ0) is 9.02. The number of hydrogen-bond acceptors (Lipinski definition) is 3. The molecule has 0 fully saturated rings. The zero-order valence-electron chi connectivity index (χ0n) is 8.46. The first kappa shape index (κ1) is 10.9. The molecule has 0 saturated heterocycles. The van der Waals surface area contributed by atoms with E-state index >= 15 is 0 Å². The molecule has 68 valence electrons. The van der Waals surface area contributed by atoms with E-state index in [0.29, 0.717) is 0 Å². The Bertz CT molecular complexity index is 92.3. The maximum Gasteiger partial charge on any atom is 0.109 e. The largest absolute Gasteiger partial charge is 0.345 e. The molecule has 0 aliphatic carbocycles. The van der Waals surface area contributed by atoms with Crippen LogP contribution in [0.1, 0.15) is 13.8 Å². The van der Waals surface area contributed by atoms with Gasteiger partial charge in [-0.25, -0.2) is 0 Å². The van der Waals surface area contributed by atoms with Crippen LogP contribution in [0.4, 0.5) is 0 Å². The molecule has 0 rings (SSSR count). The second-order valence-corrected chi connectivity index (χ2v) is 3.26. The molecule has 0 aromatic rings. The second-order valence-electron chi connectivity index (χ2n) is 3.26. The third kappa shape index (κ3) is 4.35. The van der Waals surface area contributed by atoms with E-state index in [9.17, 15) is 0 Å². The van der Waals surface area contributed by atoms with Gasteiger partial charge in [0, 0.05) is 0 Å². The van der Waals surface area contributed by atoms with Gasteiger partial charge in [-0.1, -0.05) is 0 Å². The molecule has 3 heteroatoms. The number of ether oxygens (including phenoxy) is 1. The van der Waals surface area contributed by atoms with E-state index in [1.54, 1.807) is 0 Å². The van der Waals surface area contributed by atoms with Gasteiger partial charge in [0.1, 0.15) is 12.5 Å². The van der Waals surface area contributed by atoms with Crippen molar-refractivity contribution in [3.63, 3.8) is 0 Å². The van der Waals surface area contributed by atoms with E-state index < -0.39 is 0 Å². The maximum atomic E-state index is 5.62.